The molecule has 112 valence electrons. The number of allylic oxidation sites excluding steroid dienone is 1. The molecule has 3 rings (SSSR count). The number of benzene rings is 2. The van der Waals surface area contributed by atoms with Crippen LogP contribution in [-0.2, 0) is 0 Å². The van der Waals surface area contributed by atoms with Crippen LogP contribution in [-0.4, -0.2) is 10.1 Å². The van der Waals surface area contributed by atoms with Gasteiger partial charge < -0.3 is 5.11 Å². The lowest BCUT2D eigenvalue weighted by Crippen LogP contribution is -1.83. The third kappa shape index (κ3) is 3.59. The fourth-order valence-corrected chi connectivity index (χ4v) is 2.95. The average Bonchev–Trinajstić information content (AvgIpc) is 3.05. The van der Waals surface area contributed by atoms with Crippen molar-refractivity contribution in [3.05, 3.63) is 69.5 Å². The van der Waals surface area contributed by atoms with Gasteiger partial charge in [-0.2, -0.15) is 5.26 Å². The number of thiazole rings is 1. The topological polar surface area (TPSA) is 56.9 Å². The molecule has 0 atom stereocenters. The highest BCUT2D eigenvalue weighted by molar-refractivity contribution is 7.11. The Kier molecular flexibility index (Phi) is 4.42. The molecule has 0 spiro atoms. The van der Waals surface area contributed by atoms with E-state index in [4.69, 9.17) is 11.6 Å². The molecule has 0 unspecified atom stereocenters. The second kappa shape index (κ2) is 6.66. The van der Waals surface area contributed by atoms with Gasteiger partial charge >= 0.3 is 0 Å². The van der Waals surface area contributed by atoms with Crippen LogP contribution in [0.15, 0.2) is 53.9 Å². The number of nitrogens with zero attached hydrogens (tertiary/aromatic N) is 2. The number of rotatable bonds is 3. The van der Waals surface area contributed by atoms with Crippen LogP contribution < -0.4 is 0 Å². The molecule has 0 saturated carbocycles. The van der Waals surface area contributed by atoms with E-state index in [0.717, 1.165) is 16.8 Å². The second-order valence-corrected chi connectivity index (χ2v) is 6.10. The molecule has 1 heterocycles. The average molecular weight is 339 g/mol. The zero-order valence-corrected chi connectivity index (χ0v) is 13.5. The summed E-state index contributed by atoms with van der Waals surface area (Å²) in [5, 5.41) is 22.0. The first-order chi connectivity index (χ1) is 11.2. The van der Waals surface area contributed by atoms with Gasteiger partial charge in [-0.25, -0.2) is 4.98 Å². The maximum absolute atomic E-state index is 9.39. The molecule has 0 bridgehead atoms. The first-order valence-corrected chi connectivity index (χ1v) is 8.04. The lowest BCUT2D eigenvalue weighted by atomic mass is 10.1. The number of hydrogen-bond acceptors (Lipinski definition) is 4. The Labute approximate surface area is 142 Å². The van der Waals surface area contributed by atoms with Gasteiger partial charge in [0.2, 0.25) is 0 Å². The summed E-state index contributed by atoms with van der Waals surface area (Å²) in [5.74, 6) is 0.194. The third-order valence-electron chi connectivity index (χ3n) is 3.20. The fourth-order valence-electron chi connectivity index (χ4n) is 2.03. The Morgan fingerprint density at radius 1 is 1.13 bits per heavy atom. The summed E-state index contributed by atoms with van der Waals surface area (Å²) in [5.41, 5.74) is 3.09. The van der Waals surface area contributed by atoms with E-state index in [1.165, 1.54) is 11.3 Å². The van der Waals surface area contributed by atoms with Crippen molar-refractivity contribution in [2.75, 3.05) is 0 Å². The summed E-state index contributed by atoms with van der Waals surface area (Å²) in [6.07, 6.45) is 1.75. The highest BCUT2D eigenvalue weighted by atomic mass is 35.5. The number of aromatic hydroxyl groups is 1. The van der Waals surface area contributed by atoms with Crippen LogP contribution >= 0.6 is 22.9 Å². The number of hydrogen-bond donors (Lipinski definition) is 1. The molecule has 3 aromatic rings. The largest absolute Gasteiger partial charge is 0.508 e. The number of phenolic OH excluding ortho intramolecular Hbond substituents is 1. The van der Waals surface area contributed by atoms with Crippen molar-refractivity contribution >= 4 is 34.6 Å². The first kappa shape index (κ1) is 15.3. The molecule has 1 aromatic heterocycles. The molecule has 0 fully saturated rings. The van der Waals surface area contributed by atoms with Gasteiger partial charge in [0, 0.05) is 16.0 Å². The predicted molar refractivity (Wildman–Crippen MR) is 94.2 cm³/mol. The van der Waals surface area contributed by atoms with Gasteiger partial charge in [-0.05, 0) is 35.9 Å². The van der Waals surface area contributed by atoms with E-state index in [1.54, 1.807) is 30.3 Å². The van der Waals surface area contributed by atoms with Gasteiger partial charge in [-0.15, -0.1) is 11.3 Å². The van der Waals surface area contributed by atoms with Crippen molar-refractivity contribution in [3.8, 4) is 23.1 Å². The predicted octanol–water partition coefficient (Wildman–Crippen LogP) is 5.23. The lowest BCUT2D eigenvalue weighted by Gasteiger charge is -1.97. The second-order valence-electron chi connectivity index (χ2n) is 4.81. The Morgan fingerprint density at radius 2 is 1.83 bits per heavy atom. The van der Waals surface area contributed by atoms with E-state index in [0.29, 0.717) is 15.6 Å². The number of nitriles is 1. The number of aromatic nitrogens is 1. The normalized spacial score (nSPS) is 11.2. The van der Waals surface area contributed by atoms with Crippen molar-refractivity contribution in [2.45, 2.75) is 0 Å². The smallest absolute Gasteiger partial charge is 0.134 e. The van der Waals surface area contributed by atoms with Gasteiger partial charge in [-0.3, -0.25) is 0 Å². The van der Waals surface area contributed by atoms with Gasteiger partial charge in [0.1, 0.15) is 16.8 Å². The van der Waals surface area contributed by atoms with Crippen LogP contribution in [0.25, 0.3) is 22.9 Å². The van der Waals surface area contributed by atoms with E-state index in [2.05, 4.69) is 11.1 Å². The van der Waals surface area contributed by atoms with Crippen LogP contribution in [0.4, 0.5) is 0 Å². The molecule has 3 nitrogen and oxygen atoms in total. The maximum atomic E-state index is 9.39. The Morgan fingerprint density at radius 3 is 2.48 bits per heavy atom. The highest BCUT2D eigenvalue weighted by Crippen LogP contribution is 2.28. The minimum absolute atomic E-state index is 0.194. The molecule has 0 aliphatic carbocycles. The van der Waals surface area contributed by atoms with Crippen LogP contribution in [0.5, 0.6) is 5.75 Å². The van der Waals surface area contributed by atoms with Gasteiger partial charge in [0.25, 0.3) is 0 Å². The monoisotopic (exact) mass is 338 g/mol. The third-order valence-corrected chi connectivity index (χ3v) is 4.33. The molecule has 5 heteroatoms. The van der Waals surface area contributed by atoms with Crippen molar-refractivity contribution in [1.82, 2.24) is 4.98 Å². The fraction of sp³-hybridized carbons (Fsp3) is 0. The van der Waals surface area contributed by atoms with E-state index in [9.17, 15) is 10.4 Å². The molecule has 0 saturated heterocycles. The number of phenols is 1. The van der Waals surface area contributed by atoms with Crippen molar-refractivity contribution in [1.29, 1.82) is 5.26 Å². The Hall–Kier alpha value is -2.61. The van der Waals surface area contributed by atoms with Gasteiger partial charge in [0.05, 0.1) is 11.3 Å². The van der Waals surface area contributed by atoms with Crippen molar-refractivity contribution in [2.24, 2.45) is 0 Å². The summed E-state index contributed by atoms with van der Waals surface area (Å²) in [6, 6.07) is 16.3. The van der Waals surface area contributed by atoms with Crippen LogP contribution in [0.3, 0.4) is 0 Å². The van der Waals surface area contributed by atoms with Crippen LogP contribution in [0.1, 0.15) is 10.6 Å². The van der Waals surface area contributed by atoms with E-state index in [1.807, 2.05) is 29.6 Å². The standard InChI is InChI=1S/C18H11ClN2OS/c19-15-5-3-13(4-6-15)17-11-23-18(21-17)14(10-20)9-12-1-7-16(22)8-2-12/h1-9,11,22H/b14-9+. The molecule has 0 aliphatic rings. The molecular formula is C18H11ClN2OS. The highest BCUT2D eigenvalue weighted by Gasteiger charge is 2.09. The maximum Gasteiger partial charge on any atom is 0.134 e. The molecule has 0 aliphatic heterocycles. The van der Waals surface area contributed by atoms with E-state index in [-0.39, 0.29) is 5.75 Å². The first-order valence-electron chi connectivity index (χ1n) is 6.78. The zero-order valence-electron chi connectivity index (χ0n) is 11.9. The molecule has 2 aromatic carbocycles. The summed E-state index contributed by atoms with van der Waals surface area (Å²) < 4.78 is 0. The van der Waals surface area contributed by atoms with Gasteiger partial charge in [-0.1, -0.05) is 35.9 Å². The lowest BCUT2D eigenvalue weighted by molar-refractivity contribution is 0.475. The Bertz CT molecular complexity index is 890. The molecule has 1 N–H and O–H groups in total. The number of halogens is 1. The van der Waals surface area contributed by atoms with E-state index >= 15 is 0 Å². The minimum atomic E-state index is 0.194. The Balaban J connectivity index is 1.92. The quantitative estimate of drug-likeness (QED) is 0.665. The SMILES string of the molecule is N#C/C(=C\c1ccc(O)cc1)c1nc(-c2ccc(Cl)cc2)cs1. The zero-order chi connectivity index (χ0) is 16.2. The summed E-state index contributed by atoms with van der Waals surface area (Å²) >= 11 is 7.31. The van der Waals surface area contributed by atoms with Crippen molar-refractivity contribution < 1.29 is 5.11 Å². The molecule has 23 heavy (non-hydrogen) atoms. The minimum Gasteiger partial charge on any atom is -0.508 e. The summed E-state index contributed by atoms with van der Waals surface area (Å²) in [7, 11) is 0. The van der Waals surface area contributed by atoms with Crippen LogP contribution in [0.2, 0.25) is 5.02 Å². The summed E-state index contributed by atoms with van der Waals surface area (Å²) in [6.45, 7) is 0. The van der Waals surface area contributed by atoms with Gasteiger partial charge in [0.15, 0.2) is 0 Å². The molecule has 0 amide bonds. The molecular weight excluding hydrogens is 328 g/mol. The molecule has 0 radical (unpaired) electrons. The van der Waals surface area contributed by atoms with Crippen LogP contribution in [0, 0.1) is 11.3 Å². The summed E-state index contributed by atoms with van der Waals surface area (Å²) in [4.78, 5) is 4.53. The van der Waals surface area contributed by atoms with E-state index < -0.39 is 0 Å². The van der Waals surface area contributed by atoms with Crippen molar-refractivity contribution in [3.63, 3.8) is 0 Å².